The molecule has 0 heterocycles. The fourth-order valence-corrected chi connectivity index (χ4v) is 0.746. The summed E-state index contributed by atoms with van der Waals surface area (Å²) in [5, 5.41) is 8.13. The molecule has 0 unspecified atom stereocenters. The Kier molecular flexibility index (Phi) is 2.88. The third-order valence-corrected chi connectivity index (χ3v) is 1.59. The van der Waals surface area contributed by atoms with E-state index in [1.54, 1.807) is 0 Å². The molecule has 0 aliphatic rings. The Balaban J connectivity index is 3.28. The molecule has 0 saturated heterocycles. The summed E-state index contributed by atoms with van der Waals surface area (Å²) in [5.41, 5.74) is 0. The van der Waals surface area contributed by atoms with Crippen LogP contribution in [0.1, 0.15) is 0 Å². The summed E-state index contributed by atoms with van der Waals surface area (Å²) in [6, 6.07) is 2.03. The van der Waals surface area contributed by atoms with E-state index in [-0.39, 0.29) is 0 Å². The van der Waals surface area contributed by atoms with Gasteiger partial charge >= 0.3 is 0 Å². The van der Waals surface area contributed by atoms with E-state index in [1.807, 2.05) is 6.07 Å². The quantitative estimate of drug-likeness (QED) is 0.562. The first-order valence-electron chi connectivity index (χ1n) is 2.36. The van der Waals surface area contributed by atoms with Crippen molar-refractivity contribution in [1.82, 2.24) is 4.72 Å². The van der Waals surface area contributed by atoms with Crippen molar-refractivity contribution < 1.29 is 0 Å². The minimum atomic E-state index is -0.659. The van der Waals surface area contributed by atoms with E-state index >= 15 is 0 Å². The van der Waals surface area contributed by atoms with Crippen LogP contribution >= 0.6 is 10.2 Å². The molecule has 3 heteroatoms. The van der Waals surface area contributed by atoms with Crippen molar-refractivity contribution in [1.29, 1.82) is 5.26 Å². The van der Waals surface area contributed by atoms with Gasteiger partial charge in [0.2, 0.25) is 0 Å². The van der Waals surface area contributed by atoms with Crippen LogP contribution in [0.25, 0.3) is 0 Å². The molecule has 0 bridgehead atoms. The molecule has 2 nitrogen and oxygen atoms in total. The van der Waals surface area contributed by atoms with Gasteiger partial charge in [-0.05, 0) is 18.8 Å². The van der Waals surface area contributed by atoms with Gasteiger partial charge in [-0.15, -0.1) is 0 Å². The molecule has 48 valence electrons. The third-order valence-electron chi connectivity index (χ3n) is 0.584. The Labute approximate surface area is 52.3 Å². The molecular formula is C5H12N2S. The van der Waals surface area contributed by atoms with Crippen LogP contribution < -0.4 is 4.72 Å². The SMILES string of the molecule is CS(C)(C)NCC#N. The molecule has 0 saturated carbocycles. The van der Waals surface area contributed by atoms with Crippen molar-refractivity contribution in [3.8, 4) is 6.07 Å². The van der Waals surface area contributed by atoms with Gasteiger partial charge in [0.15, 0.2) is 0 Å². The van der Waals surface area contributed by atoms with Gasteiger partial charge in [-0.1, -0.05) is 0 Å². The number of rotatable bonds is 2. The maximum absolute atomic E-state index is 8.13. The molecule has 1 N–H and O–H groups in total. The van der Waals surface area contributed by atoms with Gasteiger partial charge in [0.05, 0.1) is 12.6 Å². The highest BCUT2D eigenvalue weighted by molar-refractivity contribution is 8.30. The first kappa shape index (κ1) is 7.80. The van der Waals surface area contributed by atoms with Gasteiger partial charge < -0.3 is 0 Å². The first-order valence-corrected chi connectivity index (χ1v) is 5.22. The zero-order valence-electron chi connectivity index (χ0n) is 5.56. The lowest BCUT2D eigenvalue weighted by Gasteiger charge is -2.24. The molecule has 0 spiro atoms. The normalized spacial score (nSPS) is 12.8. The van der Waals surface area contributed by atoms with Crippen molar-refractivity contribution in [3.05, 3.63) is 0 Å². The fourth-order valence-electron chi connectivity index (χ4n) is 0.249. The number of nitrogens with zero attached hydrogens (tertiary/aromatic N) is 1. The molecule has 0 aromatic heterocycles. The summed E-state index contributed by atoms with van der Waals surface area (Å²) in [6.45, 7) is 0.471. The number of hydrogen-bond acceptors (Lipinski definition) is 2. The summed E-state index contributed by atoms with van der Waals surface area (Å²) in [7, 11) is -0.659. The molecule has 0 amide bonds. The average molecular weight is 132 g/mol. The zero-order valence-corrected chi connectivity index (χ0v) is 6.38. The van der Waals surface area contributed by atoms with Crippen LogP contribution in [0.3, 0.4) is 0 Å². The fraction of sp³-hybridized carbons (Fsp3) is 0.800. The lowest BCUT2D eigenvalue weighted by molar-refractivity contribution is 1.12. The first-order chi connectivity index (χ1) is 3.56. The van der Waals surface area contributed by atoms with E-state index in [0.717, 1.165) is 0 Å². The molecule has 0 aromatic carbocycles. The molecule has 0 rings (SSSR count). The molecule has 0 aromatic rings. The molecule has 0 fully saturated rings. The lowest BCUT2D eigenvalue weighted by atomic mass is 10.8. The van der Waals surface area contributed by atoms with E-state index in [9.17, 15) is 0 Å². The highest BCUT2D eigenvalue weighted by Gasteiger charge is 1.98. The molecule has 0 radical (unpaired) electrons. The van der Waals surface area contributed by atoms with Crippen LogP contribution in [0.5, 0.6) is 0 Å². The van der Waals surface area contributed by atoms with Crippen LogP contribution in [0.2, 0.25) is 0 Å². The van der Waals surface area contributed by atoms with Gasteiger partial charge in [0, 0.05) is 0 Å². The smallest absolute Gasteiger partial charge is 0.0917 e. The summed E-state index contributed by atoms with van der Waals surface area (Å²) in [6.07, 6.45) is 6.35. The molecule has 0 atom stereocenters. The van der Waals surface area contributed by atoms with Gasteiger partial charge in [-0.3, -0.25) is 4.72 Å². The van der Waals surface area contributed by atoms with Crippen molar-refractivity contribution in [3.63, 3.8) is 0 Å². The van der Waals surface area contributed by atoms with Crippen LogP contribution in [-0.2, 0) is 0 Å². The Hall–Kier alpha value is -0.200. The van der Waals surface area contributed by atoms with Crippen LogP contribution in [0.15, 0.2) is 0 Å². The minimum Gasteiger partial charge on any atom is -0.268 e. The second-order valence-electron chi connectivity index (χ2n) is 2.32. The third kappa shape index (κ3) is 5.80. The summed E-state index contributed by atoms with van der Waals surface area (Å²) in [4.78, 5) is 0. The average Bonchev–Trinajstić information content (AvgIpc) is 1.59. The van der Waals surface area contributed by atoms with E-state index in [0.29, 0.717) is 6.54 Å². The second-order valence-corrected chi connectivity index (χ2v) is 6.28. The maximum Gasteiger partial charge on any atom is 0.0917 e. The predicted molar refractivity (Wildman–Crippen MR) is 39.0 cm³/mol. The van der Waals surface area contributed by atoms with Crippen LogP contribution in [-0.4, -0.2) is 25.3 Å². The monoisotopic (exact) mass is 132 g/mol. The predicted octanol–water partition coefficient (Wildman–Crippen LogP) is 0.709. The van der Waals surface area contributed by atoms with Crippen LogP contribution in [0.4, 0.5) is 0 Å². The van der Waals surface area contributed by atoms with Crippen molar-refractivity contribution in [2.75, 3.05) is 25.3 Å². The lowest BCUT2D eigenvalue weighted by Crippen LogP contribution is -2.17. The molecule has 0 aliphatic carbocycles. The number of nitrogens with one attached hydrogen (secondary N) is 1. The van der Waals surface area contributed by atoms with Crippen molar-refractivity contribution in [2.24, 2.45) is 0 Å². The minimum absolute atomic E-state index is 0.471. The number of hydrogen-bond donors (Lipinski definition) is 1. The van der Waals surface area contributed by atoms with Crippen LogP contribution in [0, 0.1) is 11.3 Å². The van der Waals surface area contributed by atoms with Crippen molar-refractivity contribution in [2.45, 2.75) is 0 Å². The Morgan fingerprint density at radius 2 is 2.00 bits per heavy atom. The number of nitriles is 1. The molecular weight excluding hydrogens is 120 g/mol. The van der Waals surface area contributed by atoms with Gasteiger partial charge in [0.25, 0.3) is 0 Å². The van der Waals surface area contributed by atoms with Crippen molar-refractivity contribution >= 4 is 10.2 Å². The summed E-state index contributed by atoms with van der Waals surface area (Å²) >= 11 is 0. The zero-order chi connectivity index (χ0) is 6.62. The Morgan fingerprint density at radius 1 is 1.50 bits per heavy atom. The Morgan fingerprint density at radius 3 is 2.12 bits per heavy atom. The topological polar surface area (TPSA) is 35.8 Å². The van der Waals surface area contributed by atoms with Gasteiger partial charge in [0.1, 0.15) is 0 Å². The van der Waals surface area contributed by atoms with E-state index in [1.165, 1.54) is 0 Å². The molecule has 0 aliphatic heterocycles. The summed E-state index contributed by atoms with van der Waals surface area (Å²) < 4.78 is 3.09. The van der Waals surface area contributed by atoms with E-state index in [4.69, 9.17) is 5.26 Å². The largest absolute Gasteiger partial charge is 0.268 e. The molecule has 8 heavy (non-hydrogen) atoms. The Bertz CT molecular complexity index is 98.0. The maximum atomic E-state index is 8.13. The van der Waals surface area contributed by atoms with Gasteiger partial charge in [-0.25, -0.2) is 0 Å². The van der Waals surface area contributed by atoms with Gasteiger partial charge in [-0.2, -0.15) is 15.5 Å². The second kappa shape index (κ2) is 2.95. The van der Waals surface area contributed by atoms with E-state index in [2.05, 4.69) is 23.5 Å². The summed E-state index contributed by atoms with van der Waals surface area (Å²) in [5.74, 6) is 0. The van der Waals surface area contributed by atoms with E-state index < -0.39 is 10.2 Å². The standard InChI is InChI=1S/C5H12N2S/c1-8(2,3)7-5-4-6/h7H,5H2,1-3H3. The highest BCUT2D eigenvalue weighted by atomic mass is 32.3. The highest BCUT2D eigenvalue weighted by Crippen LogP contribution is 2.27.